The Hall–Kier alpha value is -2.03. The lowest BCUT2D eigenvalue weighted by atomic mass is 10.1. The van der Waals surface area contributed by atoms with Gasteiger partial charge in [-0.25, -0.2) is 4.79 Å². The molecule has 114 valence electrons. The van der Waals surface area contributed by atoms with Gasteiger partial charge in [0.05, 0.1) is 6.04 Å². The molecule has 0 aliphatic heterocycles. The highest BCUT2D eigenvalue weighted by Crippen LogP contribution is 2.13. The summed E-state index contributed by atoms with van der Waals surface area (Å²) in [5, 5.41) is 0. The lowest BCUT2D eigenvalue weighted by Gasteiger charge is -2.29. The summed E-state index contributed by atoms with van der Waals surface area (Å²) in [4.78, 5) is 13.9. The van der Waals surface area contributed by atoms with Crippen LogP contribution in [-0.4, -0.2) is 29.2 Å². The zero-order valence-electron chi connectivity index (χ0n) is 13.4. The van der Waals surface area contributed by atoms with Crippen molar-refractivity contribution in [3.8, 4) is 0 Å². The molecular formula is C18H25NO2. The van der Waals surface area contributed by atoms with Crippen molar-refractivity contribution in [2.75, 3.05) is 6.54 Å². The van der Waals surface area contributed by atoms with E-state index in [1.54, 1.807) is 11.0 Å². The van der Waals surface area contributed by atoms with Crippen molar-refractivity contribution in [3.05, 3.63) is 54.6 Å². The molecular weight excluding hydrogens is 262 g/mol. The Bertz CT molecular complexity index is 486. The summed E-state index contributed by atoms with van der Waals surface area (Å²) >= 11 is 0. The fraction of sp³-hybridized carbons (Fsp3) is 0.389. The van der Waals surface area contributed by atoms with Crippen LogP contribution in [0.4, 0.5) is 4.79 Å². The zero-order chi connectivity index (χ0) is 15.9. The maximum absolute atomic E-state index is 12.2. The molecule has 0 bridgehead atoms. The van der Waals surface area contributed by atoms with Gasteiger partial charge >= 0.3 is 6.09 Å². The van der Waals surface area contributed by atoms with Crippen LogP contribution in [0.5, 0.6) is 0 Å². The zero-order valence-corrected chi connectivity index (χ0v) is 13.4. The molecule has 1 atom stereocenters. The Labute approximate surface area is 127 Å². The van der Waals surface area contributed by atoms with E-state index in [2.05, 4.69) is 6.58 Å². The van der Waals surface area contributed by atoms with Gasteiger partial charge in [0.1, 0.15) is 5.60 Å². The van der Waals surface area contributed by atoms with Crippen LogP contribution in [0.25, 0.3) is 6.08 Å². The molecule has 0 spiro atoms. The van der Waals surface area contributed by atoms with Gasteiger partial charge in [-0.2, -0.15) is 0 Å². The Morgan fingerprint density at radius 2 is 1.95 bits per heavy atom. The number of carbonyl (C=O) groups excluding carboxylic acids is 1. The highest BCUT2D eigenvalue weighted by Gasteiger charge is 2.23. The van der Waals surface area contributed by atoms with Gasteiger partial charge in [-0.3, -0.25) is 4.90 Å². The fourth-order valence-corrected chi connectivity index (χ4v) is 1.79. The number of amides is 1. The molecule has 1 rings (SSSR count). The number of carbonyl (C=O) groups is 1. The second kappa shape index (κ2) is 7.67. The normalized spacial score (nSPS) is 13.0. The lowest BCUT2D eigenvalue weighted by molar-refractivity contribution is 0.0237. The maximum Gasteiger partial charge on any atom is 0.411 e. The molecule has 0 aliphatic carbocycles. The SMILES string of the molecule is C=CCN(C(=O)OC(C)(C)C)C(C)C=Cc1ccccc1. The van der Waals surface area contributed by atoms with E-state index in [1.807, 2.05) is 70.2 Å². The quantitative estimate of drug-likeness (QED) is 0.746. The summed E-state index contributed by atoms with van der Waals surface area (Å²) in [5.41, 5.74) is 0.603. The molecule has 0 heterocycles. The summed E-state index contributed by atoms with van der Waals surface area (Å²) < 4.78 is 5.43. The van der Waals surface area contributed by atoms with Gasteiger partial charge in [0.25, 0.3) is 0 Å². The molecule has 0 saturated heterocycles. The molecule has 21 heavy (non-hydrogen) atoms. The predicted molar refractivity (Wildman–Crippen MR) is 88.1 cm³/mol. The van der Waals surface area contributed by atoms with Crippen LogP contribution >= 0.6 is 0 Å². The Morgan fingerprint density at radius 1 is 1.33 bits per heavy atom. The number of rotatable bonds is 5. The third-order valence-electron chi connectivity index (χ3n) is 2.81. The smallest absolute Gasteiger partial charge is 0.411 e. The second-order valence-corrected chi connectivity index (χ2v) is 5.93. The van der Waals surface area contributed by atoms with Crippen molar-refractivity contribution >= 4 is 12.2 Å². The summed E-state index contributed by atoms with van der Waals surface area (Å²) in [6.07, 6.45) is 5.37. The molecule has 1 amide bonds. The number of nitrogens with zero attached hydrogens (tertiary/aromatic N) is 1. The Kier molecular flexibility index (Phi) is 6.22. The van der Waals surface area contributed by atoms with E-state index >= 15 is 0 Å². The molecule has 1 aromatic carbocycles. The topological polar surface area (TPSA) is 29.5 Å². The van der Waals surface area contributed by atoms with Crippen molar-refractivity contribution < 1.29 is 9.53 Å². The molecule has 1 unspecified atom stereocenters. The first-order chi connectivity index (χ1) is 9.83. The first-order valence-electron chi connectivity index (χ1n) is 7.17. The average Bonchev–Trinajstić information content (AvgIpc) is 2.41. The minimum absolute atomic E-state index is 0.0712. The summed E-state index contributed by atoms with van der Waals surface area (Å²) in [5.74, 6) is 0. The van der Waals surface area contributed by atoms with Crippen molar-refractivity contribution in [1.82, 2.24) is 4.90 Å². The fourth-order valence-electron chi connectivity index (χ4n) is 1.79. The van der Waals surface area contributed by atoms with Gasteiger partial charge in [0.2, 0.25) is 0 Å². The molecule has 0 N–H and O–H groups in total. The van der Waals surface area contributed by atoms with Crippen LogP contribution in [0.3, 0.4) is 0 Å². The van der Waals surface area contributed by atoms with E-state index in [9.17, 15) is 4.79 Å². The monoisotopic (exact) mass is 287 g/mol. The average molecular weight is 287 g/mol. The lowest BCUT2D eigenvalue weighted by Crippen LogP contribution is -2.41. The summed E-state index contributed by atoms with van der Waals surface area (Å²) in [7, 11) is 0. The highest BCUT2D eigenvalue weighted by atomic mass is 16.6. The third kappa shape index (κ3) is 6.30. The summed E-state index contributed by atoms with van der Waals surface area (Å²) in [6.45, 7) is 11.7. The maximum atomic E-state index is 12.2. The van der Waals surface area contributed by atoms with E-state index < -0.39 is 5.60 Å². The minimum Gasteiger partial charge on any atom is -0.444 e. The van der Waals surface area contributed by atoms with Crippen LogP contribution in [0.15, 0.2) is 49.1 Å². The molecule has 3 nitrogen and oxygen atoms in total. The predicted octanol–water partition coefficient (Wildman–Crippen LogP) is 4.51. The van der Waals surface area contributed by atoms with E-state index in [-0.39, 0.29) is 12.1 Å². The Morgan fingerprint density at radius 3 is 2.48 bits per heavy atom. The van der Waals surface area contributed by atoms with Gasteiger partial charge in [-0.1, -0.05) is 48.6 Å². The minimum atomic E-state index is -0.501. The summed E-state index contributed by atoms with van der Waals surface area (Å²) in [6, 6.07) is 9.92. The first kappa shape index (κ1) is 17.0. The van der Waals surface area contributed by atoms with Crippen molar-refractivity contribution in [2.24, 2.45) is 0 Å². The molecule has 3 heteroatoms. The van der Waals surface area contributed by atoms with Crippen molar-refractivity contribution in [3.63, 3.8) is 0 Å². The molecule has 0 saturated carbocycles. The highest BCUT2D eigenvalue weighted by molar-refractivity contribution is 5.69. The van der Waals surface area contributed by atoms with Crippen LogP contribution in [-0.2, 0) is 4.74 Å². The molecule has 0 aliphatic rings. The number of benzene rings is 1. The number of hydrogen-bond donors (Lipinski definition) is 0. The van der Waals surface area contributed by atoms with Crippen molar-refractivity contribution in [2.45, 2.75) is 39.3 Å². The first-order valence-corrected chi connectivity index (χ1v) is 7.17. The number of hydrogen-bond acceptors (Lipinski definition) is 2. The van der Waals surface area contributed by atoms with Crippen LogP contribution in [0.2, 0.25) is 0 Å². The van der Waals surface area contributed by atoms with Gasteiger partial charge in [0.15, 0.2) is 0 Å². The molecule has 1 aromatic rings. The van der Waals surface area contributed by atoms with E-state index in [0.29, 0.717) is 6.54 Å². The van der Waals surface area contributed by atoms with Gasteiger partial charge < -0.3 is 4.74 Å². The van der Waals surface area contributed by atoms with Crippen molar-refractivity contribution in [1.29, 1.82) is 0 Å². The molecule has 0 radical (unpaired) electrons. The second-order valence-electron chi connectivity index (χ2n) is 5.93. The van der Waals surface area contributed by atoms with E-state index in [1.165, 1.54) is 0 Å². The van der Waals surface area contributed by atoms with E-state index in [0.717, 1.165) is 5.56 Å². The van der Waals surface area contributed by atoms with Gasteiger partial charge in [0, 0.05) is 6.54 Å². The Balaban J connectivity index is 2.77. The van der Waals surface area contributed by atoms with Crippen LogP contribution in [0, 0.1) is 0 Å². The standard InChI is InChI=1S/C18H25NO2/c1-6-14-19(17(20)21-18(3,4)5)15(2)12-13-16-10-8-7-9-11-16/h6-13,15H,1,14H2,2-5H3. The molecule has 0 fully saturated rings. The van der Waals surface area contributed by atoms with Gasteiger partial charge in [-0.05, 0) is 33.3 Å². The molecule has 0 aromatic heterocycles. The van der Waals surface area contributed by atoms with Gasteiger partial charge in [-0.15, -0.1) is 6.58 Å². The van der Waals surface area contributed by atoms with Crippen LogP contribution < -0.4 is 0 Å². The largest absolute Gasteiger partial charge is 0.444 e. The third-order valence-corrected chi connectivity index (χ3v) is 2.81. The number of ether oxygens (including phenoxy) is 1. The van der Waals surface area contributed by atoms with E-state index in [4.69, 9.17) is 4.74 Å². The van der Waals surface area contributed by atoms with Crippen LogP contribution in [0.1, 0.15) is 33.3 Å².